The van der Waals surface area contributed by atoms with Crippen LogP contribution in [0.1, 0.15) is 5.56 Å². The lowest BCUT2D eigenvalue weighted by molar-refractivity contribution is -0.127. The molecule has 1 N–H and O–H groups in total. The molecular formula is C19H14ClFN2O4S. The summed E-state index contributed by atoms with van der Waals surface area (Å²) in [5, 5.41) is 1.77. The second-order valence-corrected chi connectivity index (χ2v) is 7.09. The van der Waals surface area contributed by atoms with Crippen molar-refractivity contribution < 1.29 is 23.5 Å². The molecule has 2 aromatic rings. The summed E-state index contributed by atoms with van der Waals surface area (Å²) in [6.45, 7) is -0.469. The molecule has 3 rings (SSSR count). The molecule has 0 atom stereocenters. The Labute approximate surface area is 169 Å². The van der Waals surface area contributed by atoms with Gasteiger partial charge in [0.05, 0.1) is 17.0 Å². The number of carbonyl (C=O) groups excluding carboxylic acids is 3. The summed E-state index contributed by atoms with van der Waals surface area (Å²) in [5.41, 5.74) is 0.897. The van der Waals surface area contributed by atoms with E-state index in [1.54, 1.807) is 30.3 Å². The zero-order valence-corrected chi connectivity index (χ0v) is 16.1. The third-order valence-corrected chi connectivity index (χ3v) is 5.00. The molecule has 0 aliphatic carbocycles. The molecule has 144 valence electrons. The fourth-order valence-corrected chi connectivity index (χ4v) is 3.49. The summed E-state index contributed by atoms with van der Waals surface area (Å²) in [6.07, 6.45) is 1.54. The van der Waals surface area contributed by atoms with E-state index in [0.29, 0.717) is 11.3 Å². The third kappa shape index (κ3) is 4.35. The van der Waals surface area contributed by atoms with Gasteiger partial charge in [-0.05, 0) is 42.1 Å². The van der Waals surface area contributed by atoms with Crippen molar-refractivity contribution in [3.8, 4) is 5.75 Å². The molecule has 6 nitrogen and oxygen atoms in total. The van der Waals surface area contributed by atoms with E-state index in [2.05, 4.69) is 5.32 Å². The Balaban J connectivity index is 1.72. The van der Waals surface area contributed by atoms with E-state index in [-0.39, 0.29) is 15.6 Å². The molecule has 1 aliphatic heterocycles. The molecule has 28 heavy (non-hydrogen) atoms. The van der Waals surface area contributed by atoms with E-state index >= 15 is 0 Å². The number of halogens is 2. The Morgan fingerprint density at radius 3 is 2.75 bits per heavy atom. The van der Waals surface area contributed by atoms with Crippen LogP contribution >= 0.6 is 23.4 Å². The Morgan fingerprint density at radius 1 is 1.29 bits per heavy atom. The van der Waals surface area contributed by atoms with Gasteiger partial charge in [-0.1, -0.05) is 29.8 Å². The van der Waals surface area contributed by atoms with Crippen LogP contribution in [0.15, 0.2) is 47.4 Å². The maximum atomic E-state index is 13.2. The number of amides is 3. The van der Waals surface area contributed by atoms with Gasteiger partial charge in [0.1, 0.15) is 18.1 Å². The second kappa shape index (κ2) is 8.45. The maximum Gasteiger partial charge on any atom is 0.294 e. The first-order valence-corrected chi connectivity index (χ1v) is 9.22. The predicted molar refractivity (Wildman–Crippen MR) is 106 cm³/mol. The van der Waals surface area contributed by atoms with Gasteiger partial charge in [-0.15, -0.1) is 0 Å². The zero-order chi connectivity index (χ0) is 20.3. The Morgan fingerprint density at radius 2 is 2.04 bits per heavy atom. The number of para-hydroxylation sites is 1. The summed E-state index contributed by atoms with van der Waals surface area (Å²) in [6, 6.07) is 10.7. The standard InChI is InChI=1S/C19H14ClFN2O4S/c1-27-15-5-3-2-4-11(15)8-16-18(25)23(19(26)28-16)10-17(24)22-12-6-7-14(21)13(20)9-12/h2-9H,10H2,1H3,(H,22,24)/b16-8-. The van der Waals surface area contributed by atoms with Crippen LogP contribution in [0, 0.1) is 5.82 Å². The summed E-state index contributed by atoms with van der Waals surface area (Å²) < 4.78 is 18.4. The number of imide groups is 1. The first kappa shape index (κ1) is 19.9. The van der Waals surface area contributed by atoms with E-state index in [4.69, 9.17) is 16.3 Å². The lowest BCUT2D eigenvalue weighted by Gasteiger charge is -2.12. The van der Waals surface area contributed by atoms with Crippen LogP contribution < -0.4 is 10.1 Å². The molecule has 1 saturated heterocycles. The summed E-state index contributed by atoms with van der Waals surface area (Å²) in [5.74, 6) is -1.25. The number of thioether (sulfide) groups is 1. The van der Waals surface area contributed by atoms with Crippen molar-refractivity contribution in [1.82, 2.24) is 4.90 Å². The number of ether oxygens (including phenoxy) is 1. The molecule has 0 bridgehead atoms. The van der Waals surface area contributed by atoms with Gasteiger partial charge < -0.3 is 10.1 Å². The first-order valence-electron chi connectivity index (χ1n) is 8.02. The average Bonchev–Trinajstić information content (AvgIpc) is 2.92. The molecule has 0 radical (unpaired) electrons. The van der Waals surface area contributed by atoms with E-state index in [0.717, 1.165) is 22.7 Å². The van der Waals surface area contributed by atoms with Gasteiger partial charge >= 0.3 is 0 Å². The van der Waals surface area contributed by atoms with E-state index in [1.807, 2.05) is 0 Å². The Bertz CT molecular complexity index is 996. The van der Waals surface area contributed by atoms with Crippen LogP contribution in [0.5, 0.6) is 5.75 Å². The molecular weight excluding hydrogens is 407 g/mol. The number of hydrogen-bond acceptors (Lipinski definition) is 5. The molecule has 0 spiro atoms. The second-order valence-electron chi connectivity index (χ2n) is 5.69. The average molecular weight is 421 g/mol. The lowest BCUT2D eigenvalue weighted by Crippen LogP contribution is -2.36. The molecule has 1 fully saturated rings. The molecule has 0 aromatic heterocycles. The van der Waals surface area contributed by atoms with Crippen LogP contribution in [0.4, 0.5) is 14.9 Å². The topological polar surface area (TPSA) is 75.7 Å². The third-order valence-electron chi connectivity index (χ3n) is 3.80. The summed E-state index contributed by atoms with van der Waals surface area (Å²) in [4.78, 5) is 37.9. The number of nitrogens with zero attached hydrogens (tertiary/aromatic N) is 1. The Hall–Kier alpha value is -2.84. The van der Waals surface area contributed by atoms with Crippen LogP contribution in [0.3, 0.4) is 0 Å². The minimum absolute atomic E-state index is 0.149. The van der Waals surface area contributed by atoms with E-state index in [9.17, 15) is 18.8 Å². The molecule has 1 aliphatic rings. The number of nitrogens with one attached hydrogen (secondary N) is 1. The highest BCUT2D eigenvalue weighted by Crippen LogP contribution is 2.33. The van der Waals surface area contributed by atoms with Crippen LogP contribution in [0.25, 0.3) is 6.08 Å². The molecule has 0 unspecified atom stereocenters. The highest BCUT2D eigenvalue weighted by atomic mass is 35.5. The number of hydrogen-bond donors (Lipinski definition) is 1. The normalized spacial score (nSPS) is 15.2. The molecule has 2 aromatic carbocycles. The number of methoxy groups -OCH3 is 1. The van der Waals surface area contributed by atoms with Crippen molar-refractivity contribution in [2.24, 2.45) is 0 Å². The molecule has 0 saturated carbocycles. The van der Waals surface area contributed by atoms with Gasteiger partial charge in [0.25, 0.3) is 11.1 Å². The summed E-state index contributed by atoms with van der Waals surface area (Å²) in [7, 11) is 1.50. The number of carbonyl (C=O) groups is 3. The van der Waals surface area contributed by atoms with Gasteiger partial charge in [0.15, 0.2) is 0 Å². The van der Waals surface area contributed by atoms with Gasteiger partial charge in [-0.3, -0.25) is 19.3 Å². The van der Waals surface area contributed by atoms with Crippen LogP contribution in [-0.2, 0) is 9.59 Å². The van der Waals surface area contributed by atoms with Gasteiger partial charge in [-0.25, -0.2) is 4.39 Å². The van der Waals surface area contributed by atoms with Crippen molar-refractivity contribution in [3.05, 3.63) is 63.8 Å². The monoisotopic (exact) mass is 420 g/mol. The van der Waals surface area contributed by atoms with Gasteiger partial charge in [0.2, 0.25) is 5.91 Å². The van der Waals surface area contributed by atoms with E-state index < -0.39 is 29.4 Å². The van der Waals surface area contributed by atoms with Crippen molar-refractivity contribution in [3.63, 3.8) is 0 Å². The quantitative estimate of drug-likeness (QED) is 0.735. The minimum atomic E-state index is -0.618. The van der Waals surface area contributed by atoms with E-state index in [1.165, 1.54) is 19.2 Å². The highest BCUT2D eigenvalue weighted by molar-refractivity contribution is 8.18. The van der Waals surface area contributed by atoms with Gasteiger partial charge in [0, 0.05) is 11.3 Å². The maximum absolute atomic E-state index is 13.2. The van der Waals surface area contributed by atoms with Crippen LogP contribution in [0.2, 0.25) is 5.02 Å². The minimum Gasteiger partial charge on any atom is -0.496 e. The summed E-state index contributed by atoms with van der Waals surface area (Å²) >= 11 is 6.41. The molecule has 3 amide bonds. The lowest BCUT2D eigenvalue weighted by atomic mass is 10.2. The fourth-order valence-electron chi connectivity index (χ4n) is 2.48. The van der Waals surface area contributed by atoms with Crippen LogP contribution in [-0.4, -0.2) is 35.6 Å². The highest BCUT2D eigenvalue weighted by Gasteiger charge is 2.36. The van der Waals surface area contributed by atoms with Crippen molar-refractivity contribution in [1.29, 1.82) is 0 Å². The van der Waals surface area contributed by atoms with Crippen molar-refractivity contribution in [2.75, 3.05) is 19.0 Å². The van der Waals surface area contributed by atoms with Crippen molar-refractivity contribution in [2.45, 2.75) is 0 Å². The largest absolute Gasteiger partial charge is 0.496 e. The fraction of sp³-hybridized carbons (Fsp3) is 0.105. The number of rotatable bonds is 5. The smallest absolute Gasteiger partial charge is 0.294 e. The van der Waals surface area contributed by atoms with Gasteiger partial charge in [-0.2, -0.15) is 0 Å². The zero-order valence-electron chi connectivity index (χ0n) is 14.6. The number of anilines is 1. The SMILES string of the molecule is COc1ccccc1/C=C1\SC(=O)N(CC(=O)Nc2ccc(F)c(Cl)c2)C1=O. The molecule has 9 heteroatoms. The van der Waals surface area contributed by atoms with Crippen molar-refractivity contribution >= 4 is 52.2 Å². The first-order chi connectivity index (χ1) is 13.4. The number of benzene rings is 2. The molecule has 1 heterocycles. The Kier molecular flexibility index (Phi) is 6.01. The predicted octanol–water partition coefficient (Wildman–Crippen LogP) is 4.16.